The number of rotatable bonds is 5. The molecule has 2 saturated heterocycles. The topological polar surface area (TPSA) is 65.5 Å². The smallest absolute Gasteiger partial charge is 0.291 e. The number of aryl methyl sites for hydroxylation is 2. The van der Waals surface area contributed by atoms with E-state index in [9.17, 15) is 4.79 Å². The predicted octanol–water partition coefficient (Wildman–Crippen LogP) is 3.58. The number of anilines is 1. The number of aromatic nitrogens is 3. The van der Waals surface area contributed by atoms with E-state index in [0.717, 1.165) is 61.5 Å². The fraction of sp³-hybridized carbons (Fsp3) is 0.667. The van der Waals surface area contributed by atoms with E-state index in [1.165, 1.54) is 32.4 Å². The molecular formula is C24H36N6O. The molecule has 2 fully saturated rings. The number of fused-ring (bicyclic) bond motifs is 1. The molecule has 0 aromatic carbocycles. The molecular weight excluding hydrogens is 388 g/mol. The lowest BCUT2D eigenvalue weighted by Gasteiger charge is -2.40. The molecule has 2 aromatic rings. The summed E-state index contributed by atoms with van der Waals surface area (Å²) in [5.74, 6) is 1.04. The van der Waals surface area contributed by atoms with Crippen molar-refractivity contribution in [1.29, 1.82) is 0 Å². The van der Waals surface area contributed by atoms with E-state index in [4.69, 9.17) is 4.98 Å². The number of hydrogen-bond donors (Lipinski definition) is 0. The molecule has 4 heterocycles. The zero-order chi connectivity index (χ0) is 22.0. The summed E-state index contributed by atoms with van der Waals surface area (Å²) < 4.78 is 0. The molecule has 168 valence electrons. The van der Waals surface area contributed by atoms with Crippen molar-refractivity contribution in [2.75, 3.05) is 44.2 Å². The quantitative estimate of drug-likeness (QED) is 0.731. The van der Waals surface area contributed by atoms with E-state index >= 15 is 0 Å². The largest absolute Gasteiger partial charge is 0.356 e. The second kappa shape index (κ2) is 9.47. The molecule has 7 heteroatoms. The summed E-state index contributed by atoms with van der Waals surface area (Å²) in [6.45, 7) is 13.9. The molecule has 0 radical (unpaired) electrons. The number of carbonyl (C=O) groups is 1. The van der Waals surface area contributed by atoms with Gasteiger partial charge in [0.05, 0.1) is 5.39 Å². The van der Waals surface area contributed by atoms with Gasteiger partial charge in [0.2, 0.25) is 5.82 Å². The normalized spacial score (nSPS) is 18.5. The Hall–Kier alpha value is -2.28. The number of nitrogens with zero attached hydrogens (tertiary/aromatic N) is 6. The lowest BCUT2D eigenvalue weighted by Crippen LogP contribution is -2.48. The molecule has 2 aliphatic heterocycles. The molecule has 0 N–H and O–H groups in total. The van der Waals surface area contributed by atoms with Crippen LogP contribution in [-0.4, -0.2) is 76.0 Å². The number of amides is 1. The summed E-state index contributed by atoms with van der Waals surface area (Å²) in [7, 11) is 0. The van der Waals surface area contributed by atoms with Gasteiger partial charge in [-0.15, -0.1) is 0 Å². The van der Waals surface area contributed by atoms with Gasteiger partial charge >= 0.3 is 0 Å². The fourth-order valence-electron chi connectivity index (χ4n) is 5.16. The van der Waals surface area contributed by atoms with Crippen molar-refractivity contribution in [1.82, 2.24) is 24.8 Å². The van der Waals surface area contributed by atoms with Crippen molar-refractivity contribution < 1.29 is 4.79 Å². The second-order valence-electron chi connectivity index (χ2n) is 8.94. The van der Waals surface area contributed by atoms with Gasteiger partial charge in [0, 0.05) is 37.9 Å². The van der Waals surface area contributed by atoms with Gasteiger partial charge in [-0.1, -0.05) is 6.42 Å². The van der Waals surface area contributed by atoms with Gasteiger partial charge in [-0.05, 0) is 78.1 Å². The molecule has 1 amide bonds. The maximum Gasteiger partial charge on any atom is 0.291 e. The van der Waals surface area contributed by atoms with Crippen LogP contribution in [0.2, 0.25) is 0 Å². The Labute approximate surface area is 185 Å². The van der Waals surface area contributed by atoms with Crippen LogP contribution in [-0.2, 0) is 0 Å². The summed E-state index contributed by atoms with van der Waals surface area (Å²) in [6, 6.07) is 2.67. The Balaban J connectivity index is 1.59. The van der Waals surface area contributed by atoms with Gasteiger partial charge in [0.15, 0.2) is 5.65 Å². The standard InChI is InChI=1S/C24H36N6O/c1-5-28(6-2)23-20-17(3)16-18(4)25-21(20)26-22(27-23)24(31)30-14-10-19(11-15-30)29-12-8-7-9-13-29/h16,19H,5-15H2,1-4H3. The summed E-state index contributed by atoms with van der Waals surface area (Å²) in [5.41, 5.74) is 2.64. The van der Waals surface area contributed by atoms with Gasteiger partial charge in [-0.2, -0.15) is 0 Å². The van der Waals surface area contributed by atoms with Crippen molar-refractivity contribution in [3.8, 4) is 0 Å². The van der Waals surface area contributed by atoms with Crippen molar-refractivity contribution in [2.45, 2.75) is 65.8 Å². The van der Waals surface area contributed by atoms with Gasteiger partial charge < -0.3 is 14.7 Å². The number of pyridine rings is 1. The SMILES string of the molecule is CCN(CC)c1nc(C(=O)N2CCC(N3CCCCC3)CC2)nc2nc(C)cc(C)c12. The third-order valence-electron chi connectivity index (χ3n) is 6.89. The zero-order valence-electron chi connectivity index (χ0n) is 19.5. The number of carbonyl (C=O) groups excluding carboxylic acids is 1. The van der Waals surface area contributed by atoms with Crippen LogP contribution in [0.4, 0.5) is 5.82 Å². The summed E-state index contributed by atoms with van der Waals surface area (Å²) >= 11 is 0. The number of piperidine rings is 2. The van der Waals surface area contributed by atoms with Gasteiger partial charge in [0.25, 0.3) is 5.91 Å². The number of likely N-dealkylation sites (tertiary alicyclic amines) is 2. The molecule has 0 spiro atoms. The number of hydrogen-bond acceptors (Lipinski definition) is 6. The van der Waals surface area contributed by atoms with Crippen molar-refractivity contribution in [2.24, 2.45) is 0 Å². The van der Waals surface area contributed by atoms with Crippen LogP contribution in [0.5, 0.6) is 0 Å². The van der Waals surface area contributed by atoms with Gasteiger partial charge in [-0.3, -0.25) is 4.79 Å². The van der Waals surface area contributed by atoms with Crippen LogP contribution in [0, 0.1) is 13.8 Å². The molecule has 4 rings (SSSR count). The molecule has 7 nitrogen and oxygen atoms in total. The van der Waals surface area contributed by atoms with Crippen molar-refractivity contribution in [3.63, 3.8) is 0 Å². The molecule has 0 aliphatic carbocycles. The van der Waals surface area contributed by atoms with Crippen LogP contribution in [0.3, 0.4) is 0 Å². The van der Waals surface area contributed by atoms with E-state index in [2.05, 4.69) is 46.6 Å². The molecule has 0 atom stereocenters. The van der Waals surface area contributed by atoms with Crippen molar-refractivity contribution >= 4 is 22.8 Å². The summed E-state index contributed by atoms with van der Waals surface area (Å²) in [4.78, 5) is 34.2. The first-order chi connectivity index (χ1) is 15.0. The highest BCUT2D eigenvalue weighted by Gasteiger charge is 2.30. The van der Waals surface area contributed by atoms with Gasteiger partial charge in [-0.25, -0.2) is 15.0 Å². The van der Waals surface area contributed by atoms with E-state index in [1.807, 2.05) is 11.8 Å². The Kier molecular flexibility index (Phi) is 6.70. The summed E-state index contributed by atoms with van der Waals surface area (Å²) in [5, 5.41) is 0.953. The Morgan fingerprint density at radius 3 is 2.32 bits per heavy atom. The molecule has 2 aliphatic rings. The molecule has 0 bridgehead atoms. The third-order valence-corrected chi connectivity index (χ3v) is 6.89. The zero-order valence-corrected chi connectivity index (χ0v) is 19.5. The minimum absolute atomic E-state index is 0.0617. The van der Waals surface area contributed by atoms with E-state index in [-0.39, 0.29) is 11.7 Å². The highest BCUT2D eigenvalue weighted by Crippen LogP contribution is 2.28. The Morgan fingerprint density at radius 2 is 1.68 bits per heavy atom. The molecule has 0 saturated carbocycles. The third kappa shape index (κ3) is 4.52. The van der Waals surface area contributed by atoms with Crippen LogP contribution in [0.25, 0.3) is 11.0 Å². The maximum atomic E-state index is 13.4. The molecule has 0 unspecified atom stereocenters. The first-order valence-corrected chi connectivity index (χ1v) is 12.0. The van der Waals surface area contributed by atoms with Crippen LogP contribution in [0.15, 0.2) is 6.07 Å². The minimum atomic E-state index is -0.0617. The Morgan fingerprint density at radius 1 is 1.00 bits per heavy atom. The second-order valence-corrected chi connectivity index (χ2v) is 8.94. The monoisotopic (exact) mass is 424 g/mol. The lowest BCUT2D eigenvalue weighted by molar-refractivity contribution is 0.0579. The highest BCUT2D eigenvalue weighted by atomic mass is 16.2. The van der Waals surface area contributed by atoms with Crippen molar-refractivity contribution in [3.05, 3.63) is 23.1 Å². The van der Waals surface area contributed by atoms with E-state index in [0.29, 0.717) is 11.7 Å². The lowest BCUT2D eigenvalue weighted by atomic mass is 10.00. The van der Waals surface area contributed by atoms with Gasteiger partial charge in [0.1, 0.15) is 5.82 Å². The molecule has 31 heavy (non-hydrogen) atoms. The minimum Gasteiger partial charge on any atom is -0.356 e. The van der Waals surface area contributed by atoms with Crippen LogP contribution >= 0.6 is 0 Å². The van der Waals surface area contributed by atoms with E-state index < -0.39 is 0 Å². The predicted molar refractivity (Wildman–Crippen MR) is 125 cm³/mol. The average molecular weight is 425 g/mol. The summed E-state index contributed by atoms with van der Waals surface area (Å²) in [6.07, 6.45) is 6.06. The van der Waals surface area contributed by atoms with Crippen LogP contribution in [0.1, 0.15) is 67.8 Å². The average Bonchev–Trinajstić information content (AvgIpc) is 2.79. The first-order valence-electron chi connectivity index (χ1n) is 12.0. The Bertz CT molecular complexity index is 927. The fourth-order valence-corrected chi connectivity index (χ4v) is 5.16. The maximum absolute atomic E-state index is 13.4. The van der Waals surface area contributed by atoms with Crippen LogP contribution < -0.4 is 4.90 Å². The molecule has 2 aromatic heterocycles. The highest BCUT2D eigenvalue weighted by molar-refractivity contribution is 5.96. The first kappa shape index (κ1) is 21.9. The van der Waals surface area contributed by atoms with E-state index in [1.54, 1.807) is 0 Å².